The number of nitrogens with one attached hydrogen (secondary N) is 1. The van der Waals surface area contributed by atoms with E-state index < -0.39 is 0 Å². The van der Waals surface area contributed by atoms with E-state index in [1.807, 2.05) is 39.0 Å². The molecule has 0 aliphatic rings. The predicted octanol–water partition coefficient (Wildman–Crippen LogP) is 3.87. The number of hydrogen-bond donors (Lipinski definition) is 1. The molecule has 26 heavy (non-hydrogen) atoms. The van der Waals surface area contributed by atoms with Crippen LogP contribution in [0, 0.1) is 32.1 Å². The number of nitrogens with zero attached hydrogens (tertiary/aromatic N) is 2. The third-order valence-electron chi connectivity index (χ3n) is 4.15. The van der Waals surface area contributed by atoms with Crippen molar-refractivity contribution in [2.45, 2.75) is 34.1 Å². The summed E-state index contributed by atoms with van der Waals surface area (Å²) >= 11 is 0. The number of nitriles is 1. The van der Waals surface area contributed by atoms with Gasteiger partial charge in [0.2, 0.25) is 11.8 Å². The van der Waals surface area contributed by atoms with Crippen molar-refractivity contribution in [3.8, 4) is 6.07 Å². The van der Waals surface area contributed by atoms with E-state index in [9.17, 15) is 9.59 Å². The van der Waals surface area contributed by atoms with Crippen LogP contribution in [0.2, 0.25) is 0 Å². The minimum Gasteiger partial charge on any atom is -0.326 e. The quantitative estimate of drug-likeness (QED) is 0.890. The number of aryl methyl sites for hydroxylation is 3. The Kier molecular flexibility index (Phi) is 6.13. The van der Waals surface area contributed by atoms with Crippen molar-refractivity contribution >= 4 is 23.2 Å². The molecule has 0 unspecified atom stereocenters. The van der Waals surface area contributed by atoms with Crippen LogP contribution in [-0.2, 0) is 9.59 Å². The summed E-state index contributed by atoms with van der Waals surface area (Å²) in [6, 6.07) is 12.8. The highest BCUT2D eigenvalue weighted by Crippen LogP contribution is 2.26. The molecule has 0 atom stereocenters. The van der Waals surface area contributed by atoms with Gasteiger partial charge in [0.15, 0.2) is 0 Å². The molecule has 0 spiro atoms. The van der Waals surface area contributed by atoms with Gasteiger partial charge in [0.1, 0.15) is 0 Å². The normalized spacial score (nSPS) is 10.1. The van der Waals surface area contributed by atoms with Gasteiger partial charge in [-0.2, -0.15) is 5.26 Å². The van der Waals surface area contributed by atoms with Crippen molar-refractivity contribution in [3.63, 3.8) is 0 Å². The fourth-order valence-corrected chi connectivity index (χ4v) is 3.09. The molecule has 2 aromatic rings. The van der Waals surface area contributed by atoms with Crippen molar-refractivity contribution in [3.05, 3.63) is 58.7 Å². The van der Waals surface area contributed by atoms with Gasteiger partial charge in [0, 0.05) is 31.3 Å². The predicted molar refractivity (Wildman–Crippen MR) is 103 cm³/mol. The molecule has 5 nitrogen and oxygen atoms in total. The minimum absolute atomic E-state index is 0.0915. The maximum Gasteiger partial charge on any atom is 0.226 e. The maximum absolute atomic E-state index is 12.2. The zero-order valence-corrected chi connectivity index (χ0v) is 15.6. The summed E-state index contributed by atoms with van der Waals surface area (Å²) in [5.41, 5.74) is 5.22. The molecule has 2 amide bonds. The maximum atomic E-state index is 12.2. The lowest BCUT2D eigenvalue weighted by Crippen LogP contribution is -2.33. The molecule has 0 bridgehead atoms. The van der Waals surface area contributed by atoms with Crippen molar-refractivity contribution in [2.75, 3.05) is 16.8 Å². The highest BCUT2D eigenvalue weighted by molar-refractivity contribution is 5.96. The second kappa shape index (κ2) is 8.30. The van der Waals surface area contributed by atoms with E-state index in [1.165, 1.54) is 6.92 Å². The summed E-state index contributed by atoms with van der Waals surface area (Å²) in [6.45, 7) is 7.79. The van der Waals surface area contributed by atoms with Gasteiger partial charge in [-0.1, -0.05) is 17.7 Å². The summed E-state index contributed by atoms with van der Waals surface area (Å²) < 4.78 is 0. The fraction of sp³-hybridized carbons (Fsp3) is 0.286. The van der Waals surface area contributed by atoms with Crippen LogP contribution < -0.4 is 10.2 Å². The van der Waals surface area contributed by atoms with Gasteiger partial charge in [-0.05, 0) is 56.2 Å². The number of carbonyl (C=O) groups is 2. The van der Waals surface area contributed by atoms with Gasteiger partial charge in [0.05, 0.1) is 11.6 Å². The van der Waals surface area contributed by atoms with Crippen LogP contribution in [0.4, 0.5) is 11.4 Å². The van der Waals surface area contributed by atoms with Gasteiger partial charge in [-0.25, -0.2) is 0 Å². The number of amides is 2. The Morgan fingerprint density at radius 1 is 1.08 bits per heavy atom. The van der Waals surface area contributed by atoms with Gasteiger partial charge in [0.25, 0.3) is 0 Å². The summed E-state index contributed by atoms with van der Waals surface area (Å²) in [4.78, 5) is 26.0. The summed E-state index contributed by atoms with van der Waals surface area (Å²) in [5, 5.41) is 11.6. The lowest BCUT2D eigenvalue weighted by molar-refractivity contribution is -0.117. The molecular weight excluding hydrogens is 326 g/mol. The molecule has 1 N–H and O–H groups in total. The Bertz CT molecular complexity index is 841. The van der Waals surface area contributed by atoms with Crippen molar-refractivity contribution in [1.82, 2.24) is 0 Å². The average Bonchev–Trinajstić information content (AvgIpc) is 2.57. The van der Waals surface area contributed by atoms with Gasteiger partial charge >= 0.3 is 0 Å². The number of carbonyl (C=O) groups excluding carboxylic acids is 2. The molecule has 0 fully saturated rings. The molecule has 0 radical (unpaired) electrons. The van der Waals surface area contributed by atoms with E-state index >= 15 is 0 Å². The van der Waals surface area contributed by atoms with Crippen molar-refractivity contribution < 1.29 is 9.59 Å². The standard InChI is InChI=1S/C21H23N3O2/c1-14-11-15(2)21(16(3)12-14)24(17(4)25)10-9-20(26)23-19-7-5-18(13-22)6-8-19/h5-8,11-12H,9-10H2,1-4H3,(H,23,26). The van der Waals surface area contributed by atoms with Crippen molar-refractivity contribution in [1.29, 1.82) is 5.26 Å². The van der Waals surface area contributed by atoms with Crippen LogP contribution in [0.3, 0.4) is 0 Å². The topological polar surface area (TPSA) is 73.2 Å². The Labute approximate surface area is 154 Å². The summed E-state index contributed by atoms with van der Waals surface area (Å²) in [7, 11) is 0. The van der Waals surface area contributed by atoms with Crippen molar-refractivity contribution in [2.24, 2.45) is 0 Å². The van der Waals surface area contributed by atoms with Crippen LogP contribution >= 0.6 is 0 Å². The van der Waals surface area contributed by atoms with E-state index in [0.29, 0.717) is 17.8 Å². The largest absolute Gasteiger partial charge is 0.326 e. The van der Waals surface area contributed by atoms with E-state index in [1.54, 1.807) is 29.2 Å². The fourth-order valence-electron chi connectivity index (χ4n) is 3.09. The third kappa shape index (κ3) is 4.70. The second-order valence-corrected chi connectivity index (χ2v) is 6.41. The summed E-state index contributed by atoms with van der Waals surface area (Å²) in [6.07, 6.45) is 0.187. The second-order valence-electron chi connectivity index (χ2n) is 6.41. The number of rotatable bonds is 5. The first-order chi connectivity index (χ1) is 12.3. The van der Waals surface area contributed by atoms with Crippen LogP contribution in [-0.4, -0.2) is 18.4 Å². The first kappa shape index (κ1) is 19.2. The minimum atomic E-state index is -0.177. The third-order valence-corrected chi connectivity index (χ3v) is 4.15. The van der Waals surface area contributed by atoms with Crippen LogP contribution in [0.1, 0.15) is 35.6 Å². The number of hydrogen-bond acceptors (Lipinski definition) is 3. The molecule has 0 saturated heterocycles. The van der Waals surface area contributed by atoms with Crippen LogP contribution in [0.15, 0.2) is 36.4 Å². The zero-order chi connectivity index (χ0) is 19.3. The molecule has 0 aliphatic heterocycles. The highest BCUT2D eigenvalue weighted by atomic mass is 16.2. The molecule has 2 rings (SSSR count). The van der Waals surface area contributed by atoms with E-state index in [4.69, 9.17) is 5.26 Å². The number of anilines is 2. The SMILES string of the molecule is CC(=O)N(CCC(=O)Nc1ccc(C#N)cc1)c1c(C)cc(C)cc1C. The van der Waals surface area contributed by atoms with E-state index in [0.717, 1.165) is 22.4 Å². The van der Waals surface area contributed by atoms with E-state index in [-0.39, 0.29) is 18.2 Å². The van der Waals surface area contributed by atoms with E-state index in [2.05, 4.69) is 5.32 Å². The lowest BCUT2D eigenvalue weighted by Gasteiger charge is -2.25. The molecule has 0 heterocycles. The first-order valence-electron chi connectivity index (χ1n) is 8.47. The van der Waals surface area contributed by atoms with Gasteiger partial charge in [-0.3, -0.25) is 9.59 Å². The lowest BCUT2D eigenvalue weighted by atomic mass is 10.0. The molecule has 134 valence electrons. The summed E-state index contributed by atoms with van der Waals surface area (Å²) in [5.74, 6) is -0.269. The van der Waals surface area contributed by atoms with Gasteiger partial charge in [-0.15, -0.1) is 0 Å². The molecular formula is C21H23N3O2. The Hall–Kier alpha value is -3.13. The Balaban J connectivity index is 2.08. The zero-order valence-electron chi connectivity index (χ0n) is 15.6. The Morgan fingerprint density at radius 2 is 1.65 bits per heavy atom. The highest BCUT2D eigenvalue weighted by Gasteiger charge is 2.18. The molecule has 0 aliphatic carbocycles. The van der Waals surface area contributed by atoms with Crippen LogP contribution in [0.25, 0.3) is 0 Å². The van der Waals surface area contributed by atoms with Crippen LogP contribution in [0.5, 0.6) is 0 Å². The Morgan fingerprint density at radius 3 is 2.15 bits per heavy atom. The average molecular weight is 349 g/mol. The molecule has 2 aromatic carbocycles. The molecule has 0 aromatic heterocycles. The number of benzene rings is 2. The molecule has 0 saturated carbocycles. The first-order valence-corrected chi connectivity index (χ1v) is 8.47. The monoisotopic (exact) mass is 349 g/mol. The van der Waals surface area contributed by atoms with Gasteiger partial charge < -0.3 is 10.2 Å². The molecule has 5 heteroatoms. The smallest absolute Gasteiger partial charge is 0.226 e.